The summed E-state index contributed by atoms with van der Waals surface area (Å²) in [6, 6.07) is 0. The molecule has 0 unspecified atom stereocenters. The predicted octanol–water partition coefficient (Wildman–Crippen LogP) is 3.89. The first-order chi connectivity index (χ1) is 7.70. The summed E-state index contributed by atoms with van der Waals surface area (Å²) < 4.78 is 0. The van der Waals surface area contributed by atoms with Crippen LogP contribution in [0.15, 0.2) is 5.38 Å². The van der Waals surface area contributed by atoms with Gasteiger partial charge in [-0.25, -0.2) is 4.98 Å². The van der Waals surface area contributed by atoms with Crippen LogP contribution >= 0.6 is 11.3 Å². The van der Waals surface area contributed by atoms with E-state index in [0.29, 0.717) is 11.6 Å². The van der Waals surface area contributed by atoms with Gasteiger partial charge in [-0.1, -0.05) is 13.8 Å². The van der Waals surface area contributed by atoms with Crippen molar-refractivity contribution in [3.63, 3.8) is 0 Å². The monoisotopic (exact) mass is 237 g/mol. The summed E-state index contributed by atoms with van der Waals surface area (Å²) in [5.41, 5.74) is 0.603. The number of aromatic nitrogens is 1. The molecule has 2 rings (SSSR count). The van der Waals surface area contributed by atoms with Crippen LogP contribution in [0, 0.1) is 11.8 Å². The molecule has 0 aliphatic heterocycles. The minimum atomic E-state index is 0.603. The summed E-state index contributed by atoms with van der Waals surface area (Å²) in [4.78, 5) is 15.0. The SMILES string of the molecule is CC(C)C1CCC(c2nc(C=O)cs2)CC1. The molecule has 1 aromatic heterocycles. The van der Waals surface area contributed by atoms with Crippen LogP contribution in [-0.4, -0.2) is 11.3 Å². The van der Waals surface area contributed by atoms with E-state index in [9.17, 15) is 4.79 Å². The Morgan fingerprint density at radius 3 is 2.56 bits per heavy atom. The molecule has 0 aromatic carbocycles. The first-order valence-electron chi connectivity index (χ1n) is 6.11. The number of carbonyl (C=O) groups excluding carboxylic acids is 1. The van der Waals surface area contributed by atoms with E-state index in [2.05, 4.69) is 18.8 Å². The molecule has 2 nitrogen and oxygen atoms in total. The van der Waals surface area contributed by atoms with Gasteiger partial charge in [0.05, 0.1) is 5.01 Å². The Hall–Kier alpha value is -0.700. The average Bonchev–Trinajstić information content (AvgIpc) is 2.77. The van der Waals surface area contributed by atoms with Crippen LogP contribution in [0.4, 0.5) is 0 Å². The summed E-state index contributed by atoms with van der Waals surface area (Å²) in [6.07, 6.45) is 5.97. The van der Waals surface area contributed by atoms with Crippen LogP contribution in [0.5, 0.6) is 0 Å². The maximum Gasteiger partial charge on any atom is 0.169 e. The molecule has 3 heteroatoms. The van der Waals surface area contributed by atoms with Gasteiger partial charge in [-0.3, -0.25) is 4.79 Å². The molecule has 0 bridgehead atoms. The van der Waals surface area contributed by atoms with Crippen molar-refractivity contribution in [2.75, 3.05) is 0 Å². The lowest BCUT2D eigenvalue weighted by Crippen LogP contribution is -2.17. The molecular formula is C13H19NOS. The van der Waals surface area contributed by atoms with Gasteiger partial charge in [0.2, 0.25) is 0 Å². The Labute approximate surface area is 101 Å². The minimum Gasteiger partial charge on any atom is -0.296 e. The van der Waals surface area contributed by atoms with Crippen LogP contribution in [0.2, 0.25) is 0 Å². The van der Waals surface area contributed by atoms with Gasteiger partial charge < -0.3 is 0 Å². The lowest BCUT2D eigenvalue weighted by molar-refractivity contribution is 0.111. The number of hydrogen-bond acceptors (Lipinski definition) is 3. The Morgan fingerprint density at radius 1 is 1.38 bits per heavy atom. The number of hydrogen-bond donors (Lipinski definition) is 0. The van der Waals surface area contributed by atoms with E-state index in [1.165, 1.54) is 30.7 Å². The zero-order valence-corrected chi connectivity index (χ0v) is 10.8. The largest absolute Gasteiger partial charge is 0.296 e. The quantitative estimate of drug-likeness (QED) is 0.747. The molecule has 88 valence electrons. The molecule has 1 heterocycles. The standard InChI is InChI=1S/C13H19NOS/c1-9(2)10-3-5-11(6-4-10)13-14-12(7-15)8-16-13/h7-11H,3-6H2,1-2H3. The van der Waals surface area contributed by atoms with Crippen molar-refractivity contribution < 1.29 is 4.79 Å². The van der Waals surface area contributed by atoms with Gasteiger partial charge in [0, 0.05) is 11.3 Å². The third kappa shape index (κ3) is 2.51. The van der Waals surface area contributed by atoms with Crippen LogP contribution in [-0.2, 0) is 0 Å². The van der Waals surface area contributed by atoms with Crippen molar-refractivity contribution >= 4 is 17.6 Å². The molecule has 1 fully saturated rings. The third-order valence-electron chi connectivity index (χ3n) is 3.72. The summed E-state index contributed by atoms with van der Waals surface area (Å²) in [7, 11) is 0. The fourth-order valence-electron chi connectivity index (χ4n) is 2.58. The number of carbonyl (C=O) groups is 1. The highest BCUT2D eigenvalue weighted by Crippen LogP contribution is 2.39. The molecule has 0 spiro atoms. The molecule has 0 radical (unpaired) electrons. The Bertz CT molecular complexity index is 351. The molecule has 0 atom stereocenters. The van der Waals surface area contributed by atoms with Gasteiger partial charge in [0.1, 0.15) is 5.69 Å². The van der Waals surface area contributed by atoms with E-state index in [-0.39, 0.29) is 0 Å². The highest BCUT2D eigenvalue weighted by molar-refractivity contribution is 7.09. The molecule has 16 heavy (non-hydrogen) atoms. The van der Waals surface area contributed by atoms with Gasteiger partial charge in [-0.15, -0.1) is 11.3 Å². The van der Waals surface area contributed by atoms with Crippen molar-refractivity contribution in [2.45, 2.75) is 45.4 Å². The fraction of sp³-hybridized carbons (Fsp3) is 0.692. The minimum absolute atomic E-state index is 0.603. The van der Waals surface area contributed by atoms with Crippen molar-refractivity contribution in [1.29, 1.82) is 0 Å². The van der Waals surface area contributed by atoms with Crippen molar-refractivity contribution in [3.05, 3.63) is 16.1 Å². The Kier molecular flexibility index (Phi) is 3.74. The molecule has 0 N–H and O–H groups in total. The smallest absolute Gasteiger partial charge is 0.169 e. The van der Waals surface area contributed by atoms with Gasteiger partial charge >= 0.3 is 0 Å². The average molecular weight is 237 g/mol. The molecule has 1 saturated carbocycles. The van der Waals surface area contributed by atoms with Crippen molar-refractivity contribution in [1.82, 2.24) is 4.98 Å². The predicted molar refractivity (Wildman–Crippen MR) is 67.0 cm³/mol. The van der Waals surface area contributed by atoms with Crippen molar-refractivity contribution in [2.24, 2.45) is 11.8 Å². The van der Waals surface area contributed by atoms with Gasteiger partial charge in [-0.2, -0.15) is 0 Å². The maximum absolute atomic E-state index is 10.6. The second kappa shape index (κ2) is 5.09. The second-order valence-electron chi connectivity index (χ2n) is 5.08. The summed E-state index contributed by atoms with van der Waals surface area (Å²) in [5, 5.41) is 3.04. The molecule has 1 aliphatic rings. The van der Waals surface area contributed by atoms with E-state index < -0.39 is 0 Å². The van der Waals surface area contributed by atoms with Gasteiger partial charge in [0.25, 0.3) is 0 Å². The Balaban J connectivity index is 1.96. The highest BCUT2D eigenvalue weighted by Gasteiger charge is 2.25. The zero-order chi connectivity index (χ0) is 11.5. The normalized spacial score (nSPS) is 25.9. The second-order valence-corrected chi connectivity index (χ2v) is 5.97. The fourth-order valence-corrected chi connectivity index (χ4v) is 3.51. The molecule has 1 aliphatic carbocycles. The first-order valence-corrected chi connectivity index (χ1v) is 6.99. The van der Waals surface area contributed by atoms with E-state index >= 15 is 0 Å². The number of rotatable bonds is 3. The number of nitrogens with zero attached hydrogens (tertiary/aromatic N) is 1. The van der Waals surface area contributed by atoms with Crippen LogP contribution in [0.1, 0.15) is 60.9 Å². The maximum atomic E-state index is 10.6. The van der Waals surface area contributed by atoms with Gasteiger partial charge in [0.15, 0.2) is 6.29 Å². The number of aldehydes is 1. The number of thiazole rings is 1. The lowest BCUT2D eigenvalue weighted by atomic mass is 9.77. The zero-order valence-electron chi connectivity index (χ0n) is 9.98. The van der Waals surface area contributed by atoms with E-state index in [0.717, 1.165) is 18.1 Å². The first kappa shape index (κ1) is 11.8. The molecule has 0 amide bonds. The van der Waals surface area contributed by atoms with E-state index in [4.69, 9.17) is 0 Å². The highest BCUT2D eigenvalue weighted by atomic mass is 32.1. The molecule has 0 saturated heterocycles. The summed E-state index contributed by atoms with van der Waals surface area (Å²) >= 11 is 1.65. The lowest BCUT2D eigenvalue weighted by Gasteiger charge is -2.29. The summed E-state index contributed by atoms with van der Waals surface area (Å²) in [5.74, 6) is 2.30. The Morgan fingerprint density at radius 2 is 2.06 bits per heavy atom. The van der Waals surface area contributed by atoms with Crippen LogP contribution in [0.25, 0.3) is 0 Å². The van der Waals surface area contributed by atoms with Crippen molar-refractivity contribution in [3.8, 4) is 0 Å². The molecule has 1 aromatic rings. The molecular weight excluding hydrogens is 218 g/mol. The van der Waals surface area contributed by atoms with E-state index in [1.54, 1.807) is 11.3 Å². The topological polar surface area (TPSA) is 30.0 Å². The van der Waals surface area contributed by atoms with E-state index in [1.807, 2.05) is 5.38 Å². The van der Waals surface area contributed by atoms with Crippen LogP contribution < -0.4 is 0 Å². The van der Waals surface area contributed by atoms with Crippen LogP contribution in [0.3, 0.4) is 0 Å². The third-order valence-corrected chi connectivity index (χ3v) is 4.75. The summed E-state index contributed by atoms with van der Waals surface area (Å²) in [6.45, 7) is 4.64. The van der Waals surface area contributed by atoms with Gasteiger partial charge in [-0.05, 0) is 37.5 Å².